The zero-order chi connectivity index (χ0) is 18.7. The number of hydrogen-bond donors (Lipinski definition) is 2. The van der Waals surface area contributed by atoms with E-state index in [1.54, 1.807) is 0 Å². The second kappa shape index (κ2) is 6.83. The van der Waals surface area contributed by atoms with Gasteiger partial charge in [0.15, 0.2) is 0 Å². The van der Waals surface area contributed by atoms with Crippen molar-refractivity contribution >= 4 is 29.0 Å². The molecule has 0 heterocycles. The van der Waals surface area contributed by atoms with Gasteiger partial charge in [-0.15, -0.1) is 0 Å². The van der Waals surface area contributed by atoms with Crippen LogP contribution in [0.15, 0.2) is 36.4 Å². The van der Waals surface area contributed by atoms with Crippen LogP contribution in [0.2, 0.25) is 0 Å². The predicted molar refractivity (Wildman–Crippen MR) is 79.4 cm³/mol. The molecule has 0 spiro atoms. The van der Waals surface area contributed by atoms with Crippen LogP contribution >= 0.6 is 0 Å². The third kappa shape index (κ3) is 3.80. The minimum atomic E-state index is -1.74. The number of nitrogens with one attached hydrogen (secondary N) is 1. The lowest BCUT2D eigenvalue weighted by molar-refractivity contribution is -0.384. The summed E-state index contributed by atoms with van der Waals surface area (Å²) in [7, 11) is 0. The molecule has 0 fully saturated rings. The summed E-state index contributed by atoms with van der Waals surface area (Å²) in [6.45, 7) is 0. The van der Waals surface area contributed by atoms with Crippen molar-refractivity contribution in [2.75, 3.05) is 5.32 Å². The van der Waals surface area contributed by atoms with Gasteiger partial charge in [-0.2, -0.15) is 0 Å². The molecule has 0 aliphatic rings. The van der Waals surface area contributed by atoms with Gasteiger partial charge in [0.05, 0.1) is 4.92 Å². The summed E-state index contributed by atoms with van der Waals surface area (Å²) >= 11 is 0. The molecule has 0 unspecified atom stereocenters. The smallest absolute Gasteiger partial charge is 0.338 e. The molecule has 1 amide bonds. The van der Waals surface area contributed by atoms with Crippen LogP contribution in [-0.4, -0.2) is 27.7 Å². The average Bonchev–Trinajstić information content (AvgIpc) is 2.54. The fourth-order valence-corrected chi connectivity index (χ4v) is 1.89. The van der Waals surface area contributed by atoms with Crippen LogP contribution in [0.5, 0.6) is 0 Å². The number of aromatic carboxylic acids is 1. The van der Waals surface area contributed by atoms with Gasteiger partial charge in [-0.25, -0.2) is 13.6 Å². The van der Waals surface area contributed by atoms with E-state index in [2.05, 4.69) is 0 Å². The molecule has 0 aliphatic heterocycles. The molecule has 0 atom stereocenters. The summed E-state index contributed by atoms with van der Waals surface area (Å²) in [4.78, 5) is 44.6. The van der Waals surface area contributed by atoms with Crippen molar-refractivity contribution in [2.45, 2.75) is 0 Å². The molecular weight excluding hydrogens is 342 g/mol. The van der Waals surface area contributed by atoms with Crippen molar-refractivity contribution in [1.29, 1.82) is 0 Å². The highest BCUT2D eigenvalue weighted by atomic mass is 19.1. The quantitative estimate of drug-likeness (QED) is 0.369. The number of amides is 1. The summed E-state index contributed by atoms with van der Waals surface area (Å²) in [5.41, 5.74) is -2.74. The van der Waals surface area contributed by atoms with Crippen LogP contribution < -0.4 is 5.32 Å². The average molecular weight is 350 g/mol. The molecule has 10 heteroatoms. The van der Waals surface area contributed by atoms with E-state index < -0.39 is 51.2 Å². The van der Waals surface area contributed by atoms with Gasteiger partial charge in [-0.05, 0) is 24.3 Å². The van der Waals surface area contributed by atoms with Crippen molar-refractivity contribution in [3.8, 4) is 0 Å². The molecule has 0 aromatic heterocycles. The molecule has 0 bridgehead atoms. The van der Waals surface area contributed by atoms with Crippen molar-refractivity contribution in [1.82, 2.24) is 0 Å². The zero-order valence-electron chi connectivity index (χ0n) is 12.2. The zero-order valence-corrected chi connectivity index (χ0v) is 12.2. The first-order chi connectivity index (χ1) is 11.7. The maximum absolute atomic E-state index is 13.7. The molecule has 2 aromatic carbocycles. The van der Waals surface area contributed by atoms with Gasteiger partial charge in [0, 0.05) is 17.7 Å². The number of Topliss-reactive ketones (excluding diaryl/α,β-unsaturated/α-hetero) is 1. The van der Waals surface area contributed by atoms with E-state index in [0.717, 1.165) is 24.3 Å². The Balaban J connectivity index is 2.35. The van der Waals surface area contributed by atoms with E-state index >= 15 is 0 Å². The van der Waals surface area contributed by atoms with E-state index in [-0.39, 0.29) is 5.56 Å². The maximum atomic E-state index is 13.7. The number of halogens is 2. The molecule has 25 heavy (non-hydrogen) atoms. The van der Waals surface area contributed by atoms with E-state index in [4.69, 9.17) is 5.11 Å². The van der Waals surface area contributed by atoms with Crippen LogP contribution in [0, 0.1) is 21.7 Å². The van der Waals surface area contributed by atoms with Crippen molar-refractivity contribution in [3.63, 3.8) is 0 Å². The van der Waals surface area contributed by atoms with E-state index in [0.29, 0.717) is 12.1 Å². The van der Waals surface area contributed by atoms with Gasteiger partial charge in [0.1, 0.15) is 22.9 Å². The number of ketones is 1. The van der Waals surface area contributed by atoms with Crippen molar-refractivity contribution < 1.29 is 33.2 Å². The summed E-state index contributed by atoms with van der Waals surface area (Å²) in [5, 5.41) is 21.6. The lowest BCUT2D eigenvalue weighted by Gasteiger charge is -2.07. The van der Waals surface area contributed by atoms with Gasteiger partial charge < -0.3 is 10.4 Å². The number of hydrogen-bond acceptors (Lipinski definition) is 5. The SMILES string of the molecule is O=C(Nc1cc(F)c(C(=O)O)cc1[N+](=O)[O-])C(=O)c1ccc(F)cc1. The Bertz CT molecular complexity index is 896. The maximum Gasteiger partial charge on any atom is 0.338 e. The first kappa shape index (κ1) is 17.7. The number of carboxylic acid groups (broad SMARTS) is 1. The number of nitro groups is 1. The molecule has 0 saturated heterocycles. The number of nitro benzene ring substituents is 1. The lowest BCUT2D eigenvalue weighted by Crippen LogP contribution is -2.23. The molecule has 2 aromatic rings. The molecule has 0 aliphatic carbocycles. The fourth-order valence-electron chi connectivity index (χ4n) is 1.89. The summed E-state index contributed by atoms with van der Waals surface area (Å²) in [6, 6.07) is 4.78. The molecule has 2 rings (SSSR count). The van der Waals surface area contributed by atoms with Crippen molar-refractivity contribution in [3.05, 3.63) is 69.3 Å². The second-order valence-corrected chi connectivity index (χ2v) is 4.70. The van der Waals surface area contributed by atoms with Crippen LogP contribution in [0.25, 0.3) is 0 Å². The van der Waals surface area contributed by atoms with Gasteiger partial charge in [-0.1, -0.05) is 0 Å². The van der Waals surface area contributed by atoms with Crippen LogP contribution in [-0.2, 0) is 4.79 Å². The monoisotopic (exact) mass is 350 g/mol. The molecule has 2 N–H and O–H groups in total. The highest BCUT2D eigenvalue weighted by Crippen LogP contribution is 2.28. The number of rotatable bonds is 5. The number of anilines is 1. The number of carboxylic acids is 1. The standard InChI is InChI=1S/C15H8F2N2O6/c16-8-3-1-7(2-4-8)13(20)14(21)18-11-6-10(17)9(15(22)23)5-12(11)19(24)25/h1-6H,(H,18,21)(H,22,23). The van der Waals surface area contributed by atoms with Crippen LogP contribution in [0.3, 0.4) is 0 Å². The highest BCUT2D eigenvalue weighted by Gasteiger charge is 2.25. The Hall–Kier alpha value is -3.69. The molecule has 8 nitrogen and oxygen atoms in total. The lowest BCUT2D eigenvalue weighted by atomic mass is 10.1. The number of carbonyl (C=O) groups excluding carboxylic acids is 2. The molecule has 128 valence electrons. The van der Waals surface area contributed by atoms with Crippen LogP contribution in [0.1, 0.15) is 20.7 Å². The fraction of sp³-hybridized carbons (Fsp3) is 0. The van der Waals surface area contributed by atoms with E-state index in [1.165, 1.54) is 0 Å². The number of carbonyl (C=O) groups is 3. The van der Waals surface area contributed by atoms with Crippen molar-refractivity contribution in [2.24, 2.45) is 0 Å². The summed E-state index contributed by atoms with van der Waals surface area (Å²) in [5.74, 6) is -6.18. The van der Waals surface area contributed by atoms with Gasteiger partial charge in [-0.3, -0.25) is 19.7 Å². The first-order valence-electron chi connectivity index (χ1n) is 6.53. The highest BCUT2D eigenvalue weighted by molar-refractivity contribution is 6.46. The van der Waals surface area contributed by atoms with Gasteiger partial charge in [0.25, 0.3) is 17.4 Å². The Morgan fingerprint density at radius 3 is 2.20 bits per heavy atom. The summed E-state index contributed by atoms with van der Waals surface area (Å²) < 4.78 is 26.5. The topological polar surface area (TPSA) is 127 Å². The normalized spacial score (nSPS) is 10.2. The number of nitrogens with zero attached hydrogens (tertiary/aromatic N) is 1. The third-order valence-corrected chi connectivity index (χ3v) is 3.07. The van der Waals surface area contributed by atoms with Crippen LogP contribution in [0.4, 0.5) is 20.2 Å². The third-order valence-electron chi connectivity index (χ3n) is 3.07. The Kier molecular flexibility index (Phi) is 4.82. The van der Waals surface area contributed by atoms with E-state index in [1.807, 2.05) is 5.32 Å². The van der Waals surface area contributed by atoms with Gasteiger partial charge in [0.2, 0.25) is 0 Å². The minimum Gasteiger partial charge on any atom is -0.478 e. The minimum absolute atomic E-state index is 0.191. The second-order valence-electron chi connectivity index (χ2n) is 4.70. The molecule has 0 radical (unpaired) electrons. The van der Waals surface area contributed by atoms with E-state index in [9.17, 15) is 33.3 Å². The Morgan fingerprint density at radius 1 is 1.08 bits per heavy atom. The summed E-state index contributed by atoms with van der Waals surface area (Å²) in [6.07, 6.45) is 0. The Labute approximate surface area is 137 Å². The van der Waals surface area contributed by atoms with Gasteiger partial charge >= 0.3 is 5.97 Å². The largest absolute Gasteiger partial charge is 0.478 e. The molecule has 0 saturated carbocycles. The first-order valence-corrected chi connectivity index (χ1v) is 6.53. The predicted octanol–water partition coefficient (Wildman–Crippen LogP) is 2.39. The number of benzene rings is 2. The Morgan fingerprint density at radius 2 is 1.68 bits per heavy atom. The molecular formula is C15H8F2N2O6.